The number of rotatable bonds is 11. The number of carbonyl (C=O) groups excluding carboxylic acids is 1. The molecule has 42 heavy (non-hydrogen) atoms. The van der Waals surface area contributed by atoms with E-state index in [-0.39, 0.29) is 12.2 Å². The minimum absolute atomic E-state index is 0.0926. The molecular formula is C32H24BrCl3N2O4. The summed E-state index contributed by atoms with van der Waals surface area (Å²) in [6.45, 7) is 2.71. The zero-order valence-electron chi connectivity index (χ0n) is 22.3. The van der Waals surface area contributed by atoms with Gasteiger partial charge in [-0.3, -0.25) is 4.79 Å². The summed E-state index contributed by atoms with van der Waals surface area (Å²) in [5, 5.41) is 14.1. The third-order valence-electron chi connectivity index (χ3n) is 5.86. The van der Waals surface area contributed by atoms with Crippen LogP contribution >= 0.6 is 50.7 Å². The van der Waals surface area contributed by atoms with Gasteiger partial charge in [-0.2, -0.15) is 5.26 Å². The number of hydrogen-bond donors (Lipinski definition) is 1. The molecule has 4 aromatic rings. The van der Waals surface area contributed by atoms with Gasteiger partial charge >= 0.3 is 0 Å². The van der Waals surface area contributed by atoms with Gasteiger partial charge in [-0.15, -0.1) is 0 Å². The zero-order valence-corrected chi connectivity index (χ0v) is 26.2. The Kier molecular flexibility index (Phi) is 11.2. The minimum Gasteiger partial charge on any atom is -0.490 e. The van der Waals surface area contributed by atoms with Crippen LogP contribution in [0.25, 0.3) is 6.08 Å². The maximum absolute atomic E-state index is 12.9. The standard InChI is InChI=1S/C32H24BrCl3N2O4/c1-2-40-30-15-20(14-27(33)31(30)42-19-22-7-8-24(34)16-29(22)36)13-23(17-37)32(39)38-25-9-11-26(12-10-25)41-18-21-5-3-4-6-28(21)35/h3-16H,2,18-19H2,1H3,(H,38,39)/b23-13+. The predicted molar refractivity (Wildman–Crippen MR) is 171 cm³/mol. The Labute approximate surface area is 267 Å². The molecule has 0 atom stereocenters. The van der Waals surface area contributed by atoms with E-state index in [9.17, 15) is 10.1 Å². The fourth-order valence-electron chi connectivity index (χ4n) is 3.79. The van der Waals surface area contributed by atoms with Crippen LogP contribution in [-0.4, -0.2) is 12.5 Å². The highest BCUT2D eigenvalue weighted by molar-refractivity contribution is 9.10. The fraction of sp³-hybridized carbons (Fsp3) is 0.125. The van der Waals surface area contributed by atoms with Gasteiger partial charge in [-0.1, -0.05) is 59.1 Å². The molecule has 0 bridgehead atoms. The van der Waals surface area contributed by atoms with E-state index >= 15 is 0 Å². The van der Waals surface area contributed by atoms with Crippen LogP contribution in [0.15, 0.2) is 88.9 Å². The van der Waals surface area contributed by atoms with E-state index in [0.29, 0.717) is 61.3 Å². The number of amides is 1. The lowest BCUT2D eigenvalue weighted by Gasteiger charge is -2.15. The number of halogens is 4. The van der Waals surface area contributed by atoms with E-state index in [1.807, 2.05) is 31.2 Å². The Balaban J connectivity index is 1.45. The summed E-state index contributed by atoms with van der Waals surface area (Å²) >= 11 is 22.0. The summed E-state index contributed by atoms with van der Waals surface area (Å²) < 4.78 is 18.2. The largest absolute Gasteiger partial charge is 0.490 e. The van der Waals surface area contributed by atoms with Gasteiger partial charge in [0.2, 0.25) is 0 Å². The average molecular weight is 687 g/mol. The van der Waals surface area contributed by atoms with E-state index in [1.54, 1.807) is 60.7 Å². The van der Waals surface area contributed by atoms with Gasteiger partial charge in [0.15, 0.2) is 11.5 Å². The smallest absolute Gasteiger partial charge is 0.266 e. The first kappa shape index (κ1) is 31.3. The van der Waals surface area contributed by atoms with Crippen molar-refractivity contribution in [2.45, 2.75) is 20.1 Å². The molecule has 4 rings (SSSR count). The molecule has 0 heterocycles. The van der Waals surface area contributed by atoms with Crippen molar-refractivity contribution in [1.29, 1.82) is 5.26 Å². The van der Waals surface area contributed by atoms with Gasteiger partial charge in [-0.25, -0.2) is 0 Å². The molecule has 214 valence electrons. The summed E-state index contributed by atoms with van der Waals surface area (Å²) in [5.41, 5.74) is 2.60. The van der Waals surface area contributed by atoms with Crippen molar-refractivity contribution in [3.8, 4) is 23.3 Å². The van der Waals surface area contributed by atoms with Crippen LogP contribution in [0.5, 0.6) is 17.2 Å². The Bertz CT molecular complexity index is 1650. The van der Waals surface area contributed by atoms with Crippen molar-refractivity contribution < 1.29 is 19.0 Å². The predicted octanol–water partition coefficient (Wildman–Crippen LogP) is 9.51. The molecule has 1 amide bonds. The molecule has 10 heteroatoms. The average Bonchev–Trinajstić information content (AvgIpc) is 2.97. The molecule has 0 unspecified atom stereocenters. The van der Waals surface area contributed by atoms with Gasteiger partial charge < -0.3 is 19.5 Å². The van der Waals surface area contributed by atoms with Crippen LogP contribution in [0.4, 0.5) is 5.69 Å². The number of hydrogen-bond acceptors (Lipinski definition) is 5. The molecule has 0 radical (unpaired) electrons. The first-order chi connectivity index (χ1) is 20.3. The number of nitriles is 1. The number of nitrogens with zero attached hydrogens (tertiary/aromatic N) is 1. The van der Waals surface area contributed by atoms with Crippen LogP contribution in [0.2, 0.25) is 15.1 Å². The molecule has 0 fully saturated rings. The lowest BCUT2D eigenvalue weighted by molar-refractivity contribution is -0.112. The second-order valence-electron chi connectivity index (χ2n) is 8.82. The third-order valence-corrected chi connectivity index (χ3v) is 7.40. The third kappa shape index (κ3) is 8.43. The molecule has 0 saturated heterocycles. The molecular weight excluding hydrogens is 663 g/mol. The minimum atomic E-state index is -0.561. The lowest BCUT2D eigenvalue weighted by Crippen LogP contribution is -2.13. The summed E-state index contributed by atoms with van der Waals surface area (Å²) in [7, 11) is 0. The normalized spacial score (nSPS) is 11.0. The number of carbonyl (C=O) groups is 1. The van der Waals surface area contributed by atoms with Crippen molar-refractivity contribution in [3.05, 3.63) is 121 Å². The first-order valence-electron chi connectivity index (χ1n) is 12.7. The molecule has 0 saturated carbocycles. The fourth-order valence-corrected chi connectivity index (χ4v) is 5.02. The number of anilines is 1. The Hall–Kier alpha value is -3.67. The quantitative estimate of drug-likeness (QED) is 0.126. The molecule has 0 aliphatic rings. The van der Waals surface area contributed by atoms with Crippen molar-refractivity contribution in [2.75, 3.05) is 11.9 Å². The Morgan fingerprint density at radius 1 is 0.905 bits per heavy atom. The summed E-state index contributed by atoms with van der Waals surface area (Å²) in [5.74, 6) is 0.944. The molecule has 4 aromatic carbocycles. The van der Waals surface area contributed by atoms with E-state index in [2.05, 4.69) is 21.2 Å². The molecule has 0 aromatic heterocycles. The van der Waals surface area contributed by atoms with E-state index in [0.717, 1.165) is 11.1 Å². The molecule has 0 aliphatic heterocycles. The van der Waals surface area contributed by atoms with Gasteiger partial charge in [0.25, 0.3) is 5.91 Å². The maximum atomic E-state index is 12.9. The van der Waals surface area contributed by atoms with Crippen LogP contribution in [-0.2, 0) is 18.0 Å². The van der Waals surface area contributed by atoms with Gasteiger partial charge in [0, 0.05) is 31.9 Å². The summed E-state index contributed by atoms with van der Waals surface area (Å²) in [6.07, 6.45) is 1.48. The van der Waals surface area contributed by atoms with Gasteiger partial charge in [0.1, 0.15) is 30.6 Å². The van der Waals surface area contributed by atoms with Crippen LogP contribution in [0, 0.1) is 11.3 Å². The first-order valence-corrected chi connectivity index (χ1v) is 14.6. The molecule has 0 aliphatic carbocycles. The summed E-state index contributed by atoms with van der Waals surface area (Å²) in [6, 6.07) is 24.8. The van der Waals surface area contributed by atoms with Gasteiger partial charge in [-0.05, 0) is 89.1 Å². The van der Waals surface area contributed by atoms with Gasteiger partial charge in [0.05, 0.1) is 11.1 Å². The number of benzene rings is 4. The zero-order chi connectivity index (χ0) is 30.1. The highest BCUT2D eigenvalue weighted by Gasteiger charge is 2.16. The van der Waals surface area contributed by atoms with E-state index in [1.165, 1.54) is 6.08 Å². The van der Waals surface area contributed by atoms with Crippen LogP contribution in [0.3, 0.4) is 0 Å². The molecule has 1 N–H and O–H groups in total. The van der Waals surface area contributed by atoms with Crippen molar-refractivity contribution in [1.82, 2.24) is 0 Å². The molecule has 0 spiro atoms. The van der Waals surface area contributed by atoms with Crippen LogP contribution < -0.4 is 19.5 Å². The highest BCUT2D eigenvalue weighted by atomic mass is 79.9. The van der Waals surface area contributed by atoms with Crippen LogP contribution in [0.1, 0.15) is 23.6 Å². The summed E-state index contributed by atoms with van der Waals surface area (Å²) in [4.78, 5) is 12.9. The molecule has 6 nitrogen and oxygen atoms in total. The topological polar surface area (TPSA) is 80.6 Å². The second kappa shape index (κ2) is 15.0. The van der Waals surface area contributed by atoms with Crippen molar-refractivity contribution in [3.63, 3.8) is 0 Å². The highest BCUT2D eigenvalue weighted by Crippen LogP contribution is 2.38. The number of ether oxygens (including phenoxy) is 3. The lowest BCUT2D eigenvalue weighted by atomic mass is 10.1. The number of nitrogens with one attached hydrogen (secondary N) is 1. The van der Waals surface area contributed by atoms with E-state index in [4.69, 9.17) is 49.0 Å². The monoisotopic (exact) mass is 684 g/mol. The Morgan fingerprint density at radius 3 is 2.31 bits per heavy atom. The van der Waals surface area contributed by atoms with E-state index < -0.39 is 5.91 Å². The maximum Gasteiger partial charge on any atom is 0.266 e. The van der Waals surface area contributed by atoms with Crippen molar-refractivity contribution in [2.24, 2.45) is 0 Å². The SMILES string of the molecule is CCOc1cc(/C=C(\C#N)C(=O)Nc2ccc(OCc3ccccc3Cl)cc2)cc(Br)c1OCc1ccc(Cl)cc1Cl. The van der Waals surface area contributed by atoms with Crippen molar-refractivity contribution >= 4 is 68.4 Å². The Morgan fingerprint density at radius 2 is 1.62 bits per heavy atom. The second-order valence-corrected chi connectivity index (χ2v) is 10.9.